The molecule has 0 aliphatic carbocycles. The van der Waals surface area contributed by atoms with Crippen molar-refractivity contribution in [2.45, 2.75) is 45.4 Å². The Labute approximate surface area is 200 Å². The summed E-state index contributed by atoms with van der Waals surface area (Å²) in [5.74, 6) is 2.09. The third-order valence-electron chi connectivity index (χ3n) is 6.25. The van der Waals surface area contributed by atoms with Crippen molar-refractivity contribution in [3.8, 4) is 17.2 Å². The molecule has 1 heterocycles. The molecule has 0 saturated heterocycles. The summed E-state index contributed by atoms with van der Waals surface area (Å²) in [7, 11) is 6.59. The van der Waals surface area contributed by atoms with Gasteiger partial charge in [-0.1, -0.05) is 6.07 Å². The van der Waals surface area contributed by atoms with E-state index in [9.17, 15) is 4.79 Å². The van der Waals surface area contributed by atoms with Crippen LogP contribution in [0, 0.1) is 0 Å². The molecule has 0 N–H and O–H groups in total. The standard InChI is InChI=1S/C27H33NO6/c1-27(2,3)34-26(29)28-14-23-18-9-8-17(31-5)11-20(18)22-13-25(33-7)24(32-6)12-21(22)19(23)10-16(28)15-30-4/h8-9,11-13,16H,10,14-15H2,1-7H3. The number of rotatable bonds is 5. The van der Waals surface area contributed by atoms with Crippen molar-refractivity contribution in [1.82, 2.24) is 4.90 Å². The van der Waals surface area contributed by atoms with Crippen molar-refractivity contribution in [1.29, 1.82) is 0 Å². The Bertz CT molecular complexity index is 1230. The van der Waals surface area contributed by atoms with Crippen LogP contribution in [0.3, 0.4) is 0 Å². The number of carbonyl (C=O) groups is 1. The molecule has 1 atom stereocenters. The molecule has 182 valence electrons. The first kappa shape index (κ1) is 24.0. The van der Waals surface area contributed by atoms with E-state index in [4.69, 9.17) is 23.7 Å². The topological polar surface area (TPSA) is 66.5 Å². The van der Waals surface area contributed by atoms with Crippen molar-refractivity contribution in [2.75, 3.05) is 35.0 Å². The van der Waals surface area contributed by atoms with E-state index in [2.05, 4.69) is 6.07 Å². The highest BCUT2D eigenvalue weighted by atomic mass is 16.6. The van der Waals surface area contributed by atoms with E-state index in [0.29, 0.717) is 31.1 Å². The van der Waals surface area contributed by atoms with Gasteiger partial charge in [-0.25, -0.2) is 4.79 Å². The van der Waals surface area contributed by atoms with Crippen LogP contribution < -0.4 is 14.2 Å². The molecule has 1 aliphatic rings. The van der Waals surface area contributed by atoms with E-state index in [1.54, 1.807) is 33.3 Å². The van der Waals surface area contributed by atoms with Gasteiger partial charge in [0.2, 0.25) is 0 Å². The lowest BCUT2D eigenvalue weighted by Crippen LogP contribution is -2.48. The van der Waals surface area contributed by atoms with Crippen LogP contribution in [0.25, 0.3) is 21.5 Å². The molecule has 3 aromatic carbocycles. The molecule has 0 saturated carbocycles. The SMILES string of the molecule is COCC1Cc2c(c3ccc(OC)cc3c3cc(OC)c(OC)cc23)CN1C(=O)OC(C)(C)C. The summed E-state index contributed by atoms with van der Waals surface area (Å²) in [6.07, 6.45) is 0.297. The lowest BCUT2D eigenvalue weighted by Gasteiger charge is -2.38. The van der Waals surface area contributed by atoms with Gasteiger partial charge in [0, 0.05) is 7.11 Å². The molecular formula is C27H33NO6. The second-order valence-electron chi connectivity index (χ2n) is 9.54. The molecule has 1 aliphatic heterocycles. The van der Waals surface area contributed by atoms with Crippen molar-refractivity contribution < 1.29 is 28.5 Å². The normalized spacial score (nSPS) is 15.9. The molecule has 4 rings (SSSR count). The molecule has 0 fully saturated rings. The Kier molecular flexibility index (Phi) is 6.49. The van der Waals surface area contributed by atoms with E-state index < -0.39 is 5.60 Å². The zero-order chi connectivity index (χ0) is 24.6. The number of ether oxygens (including phenoxy) is 5. The fraction of sp³-hybridized carbons (Fsp3) is 0.444. The molecule has 0 bridgehead atoms. The van der Waals surface area contributed by atoms with Crippen molar-refractivity contribution in [3.05, 3.63) is 41.5 Å². The summed E-state index contributed by atoms with van der Waals surface area (Å²) >= 11 is 0. The van der Waals surface area contributed by atoms with Crippen molar-refractivity contribution in [3.63, 3.8) is 0 Å². The molecule has 0 radical (unpaired) electrons. The molecule has 34 heavy (non-hydrogen) atoms. The minimum absolute atomic E-state index is 0.153. The fourth-order valence-corrected chi connectivity index (χ4v) is 4.75. The highest BCUT2D eigenvalue weighted by Gasteiger charge is 2.35. The van der Waals surface area contributed by atoms with Gasteiger partial charge in [-0.3, -0.25) is 4.90 Å². The van der Waals surface area contributed by atoms with E-state index in [-0.39, 0.29) is 12.1 Å². The lowest BCUT2D eigenvalue weighted by atomic mass is 9.85. The van der Waals surface area contributed by atoms with Crippen LogP contribution in [0.1, 0.15) is 31.9 Å². The maximum Gasteiger partial charge on any atom is 0.410 e. The van der Waals surface area contributed by atoms with Gasteiger partial charge in [0.25, 0.3) is 0 Å². The molecule has 1 unspecified atom stereocenters. The molecule has 3 aromatic rings. The van der Waals surface area contributed by atoms with Gasteiger partial charge in [0.05, 0.1) is 40.5 Å². The highest BCUT2D eigenvalue weighted by molar-refractivity contribution is 6.12. The second-order valence-corrected chi connectivity index (χ2v) is 9.54. The fourth-order valence-electron chi connectivity index (χ4n) is 4.75. The van der Waals surface area contributed by atoms with E-state index in [1.807, 2.05) is 45.0 Å². The van der Waals surface area contributed by atoms with Crippen molar-refractivity contribution >= 4 is 27.6 Å². The Morgan fingerprint density at radius 3 is 2.12 bits per heavy atom. The number of fused-ring (bicyclic) bond motifs is 6. The third-order valence-corrected chi connectivity index (χ3v) is 6.25. The molecular weight excluding hydrogens is 434 g/mol. The summed E-state index contributed by atoms with van der Waals surface area (Å²) in [5, 5.41) is 4.22. The lowest BCUT2D eigenvalue weighted by molar-refractivity contribution is 0.00117. The first-order valence-corrected chi connectivity index (χ1v) is 11.4. The molecule has 0 aromatic heterocycles. The van der Waals surface area contributed by atoms with Crippen LogP contribution in [-0.2, 0) is 22.4 Å². The number of methoxy groups -OCH3 is 4. The predicted octanol–water partition coefficient (Wildman–Crippen LogP) is 5.33. The van der Waals surface area contributed by atoms with E-state index in [1.165, 1.54) is 5.56 Å². The summed E-state index contributed by atoms with van der Waals surface area (Å²) in [5.41, 5.74) is 1.68. The zero-order valence-corrected chi connectivity index (χ0v) is 21.0. The van der Waals surface area contributed by atoms with E-state index in [0.717, 1.165) is 32.9 Å². The smallest absolute Gasteiger partial charge is 0.410 e. The van der Waals surface area contributed by atoms with Gasteiger partial charge in [0.1, 0.15) is 11.4 Å². The molecule has 7 nitrogen and oxygen atoms in total. The van der Waals surface area contributed by atoms with Crippen LogP contribution >= 0.6 is 0 Å². The van der Waals surface area contributed by atoms with Crippen LogP contribution in [0.15, 0.2) is 30.3 Å². The van der Waals surface area contributed by atoms with Gasteiger partial charge in [-0.05, 0) is 84.1 Å². The number of amides is 1. The Morgan fingerprint density at radius 2 is 1.53 bits per heavy atom. The molecule has 0 spiro atoms. The van der Waals surface area contributed by atoms with Crippen LogP contribution in [0.4, 0.5) is 4.79 Å². The number of hydrogen-bond donors (Lipinski definition) is 0. The maximum absolute atomic E-state index is 13.2. The van der Waals surface area contributed by atoms with Gasteiger partial charge in [0.15, 0.2) is 11.5 Å². The molecule has 1 amide bonds. The van der Waals surface area contributed by atoms with Crippen LogP contribution in [-0.4, -0.2) is 57.7 Å². The minimum Gasteiger partial charge on any atom is -0.497 e. The second kappa shape index (κ2) is 9.22. The Hall–Kier alpha value is -3.19. The Morgan fingerprint density at radius 1 is 0.882 bits per heavy atom. The largest absolute Gasteiger partial charge is 0.497 e. The summed E-state index contributed by atoms with van der Waals surface area (Å²) in [4.78, 5) is 15.0. The maximum atomic E-state index is 13.2. The van der Waals surface area contributed by atoms with Gasteiger partial charge < -0.3 is 23.7 Å². The number of benzene rings is 3. The number of nitrogens with zero attached hydrogens (tertiary/aromatic N) is 1. The van der Waals surface area contributed by atoms with Gasteiger partial charge in [-0.2, -0.15) is 0 Å². The molecule has 7 heteroatoms. The van der Waals surface area contributed by atoms with Gasteiger partial charge in [-0.15, -0.1) is 0 Å². The average Bonchev–Trinajstić information content (AvgIpc) is 2.81. The van der Waals surface area contributed by atoms with Crippen LogP contribution in [0.2, 0.25) is 0 Å². The third kappa shape index (κ3) is 4.32. The zero-order valence-electron chi connectivity index (χ0n) is 21.0. The van der Waals surface area contributed by atoms with Gasteiger partial charge >= 0.3 is 6.09 Å². The predicted molar refractivity (Wildman–Crippen MR) is 132 cm³/mol. The van der Waals surface area contributed by atoms with Crippen molar-refractivity contribution in [2.24, 2.45) is 0 Å². The average molecular weight is 468 g/mol. The Balaban J connectivity index is 1.98. The van der Waals surface area contributed by atoms with Crippen LogP contribution in [0.5, 0.6) is 17.2 Å². The quantitative estimate of drug-likeness (QED) is 0.473. The first-order chi connectivity index (χ1) is 16.2. The minimum atomic E-state index is -0.586. The first-order valence-electron chi connectivity index (χ1n) is 11.4. The number of carbonyl (C=O) groups excluding carboxylic acids is 1. The highest BCUT2D eigenvalue weighted by Crippen LogP contribution is 2.43. The summed E-state index contributed by atoms with van der Waals surface area (Å²) in [6.45, 7) is 6.47. The summed E-state index contributed by atoms with van der Waals surface area (Å²) < 4.78 is 28.0. The summed E-state index contributed by atoms with van der Waals surface area (Å²) in [6, 6.07) is 9.93. The number of hydrogen-bond acceptors (Lipinski definition) is 6. The van der Waals surface area contributed by atoms with E-state index >= 15 is 0 Å². The monoisotopic (exact) mass is 467 g/mol.